The van der Waals surface area contributed by atoms with Gasteiger partial charge in [-0.3, -0.25) is 9.59 Å². The average Bonchev–Trinajstić information content (AvgIpc) is 3.84. The third-order valence-corrected chi connectivity index (χ3v) is 18.7. The van der Waals surface area contributed by atoms with E-state index in [2.05, 4.69) is 113 Å². The highest BCUT2D eigenvalue weighted by Crippen LogP contribution is 2.52. The summed E-state index contributed by atoms with van der Waals surface area (Å²) < 4.78 is 13.9. The molecule has 75 heavy (non-hydrogen) atoms. The van der Waals surface area contributed by atoms with Gasteiger partial charge in [0.2, 0.25) is 11.8 Å². The van der Waals surface area contributed by atoms with Crippen molar-refractivity contribution in [3.63, 3.8) is 0 Å². The number of carbonyl (C=O) groups is 4. The van der Waals surface area contributed by atoms with Crippen molar-refractivity contribution in [2.75, 3.05) is 11.9 Å². The van der Waals surface area contributed by atoms with Gasteiger partial charge in [0.1, 0.15) is 35.0 Å². The van der Waals surface area contributed by atoms with Crippen LogP contribution in [0.4, 0.5) is 5.82 Å². The highest BCUT2D eigenvalue weighted by molar-refractivity contribution is 6.26. The Labute approximate surface area is 456 Å². The molecule has 2 aliphatic carbocycles. The highest BCUT2D eigenvalue weighted by Gasteiger charge is 2.51. The number of hydrogen-bond acceptors (Lipinski definition) is 8. The molecule has 3 aliphatic rings. The van der Waals surface area contributed by atoms with Gasteiger partial charge in [0.25, 0.3) is 0 Å². The number of rotatable bonds is 18. The summed E-state index contributed by atoms with van der Waals surface area (Å²) in [5.41, 5.74) is 0.712. The number of H-pyrrole nitrogens is 1. The van der Waals surface area contributed by atoms with Crippen LogP contribution in [0.1, 0.15) is 257 Å². The first kappa shape index (κ1) is 63.8. The fraction of sp³-hybridized carbons (Fsp3) is 0.797. The van der Waals surface area contributed by atoms with E-state index in [1.807, 2.05) is 68.4 Å². The first-order chi connectivity index (χ1) is 34.5. The van der Waals surface area contributed by atoms with Gasteiger partial charge in [-0.2, -0.15) is 0 Å². The van der Waals surface area contributed by atoms with Crippen LogP contribution in [-0.4, -0.2) is 58.5 Å². The summed E-state index contributed by atoms with van der Waals surface area (Å²) in [5.74, 6) is -0.263. The number of carbonyl (C=O) groups excluding carboxylic acids is 4. The van der Waals surface area contributed by atoms with Crippen molar-refractivity contribution in [3.8, 4) is 0 Å². The number of hydrogen-bond donors (Lipinski definition) is 4. The Hall–Kier alpha value is -3.73. The lowest BCUT2D eigenvalue weighted by Crippen LogP contribution is -2.50. The lowest BCUT2D eigenvalue weighted by molar-refractivity contribution is -0.164. The van der Waals surface area contributed by atoms with Gasteiger partial charge < -0.3 is 30.2 Å². The molecule has 0 saturated heterocycles. The van der Waals surface area contributed by atoms with Gasteiger partial charge >= 0.3 is 11.9 Å². The minimum absolute atomic E-state index is 0.0431. The van der Waals surface area contributed by atoms with Crippen LogP contribution in [0, 0.1) is 73.9 Å². The molecule has 2 saturated carbocycles. The smallest absolute Gasteiger partial charge is 0.342 e. The minimum Gasteiger partial charge on any atom is -0.458 e. The number of esters is 2. The molecular weight excluding hydrogens is 937 g/mol. The van der Waals surface area contributed by atoms with Gasteiger partial charge in [0.05, 0.1) is 5.70 Å². The number of aliphatic hydroxyl groups is 1. The molecule has 4 atom stereocenters. The monoisotopic (exact) mass is 1040 g/mol. The Morgan fingerprint density at radius 1 is 0.627 bits per heavy atom. The maximum absolute atomic E-state index is 15.5. The van der Waals surface area contributed by atoms with Crippen LogP contribution >= 0.6 is 0 Å². The van der Waals surface area contributed by atoms with Gasteiger partial charge in [-0.25, -0.2) is 14.6 Å². The van der Waals surface area contributed by atoms with Crippen molar-refractivity contribution in [1.82, 2.24) is 10.3 Å². The summed E-state index contributed by atoms with van der Waals surface area (Å²) in [7, 11) is 0. The van der Waals surface area contributed by atoms with Gasteiger partial charge in [0.15, 0.2) is 0 Å². The van der Waals surface area contributed by atoms with Crippen LogP contribution in [0.25, 0.3) is 6.08 Å². The van der Waals surface area contributed by atoms with E-state index in [1.54, 1.807) is 0 Å². The number of allylic oxidation sites excluding steroid dienone is 1. The van der Waals surface area contributed by atoms with Crippen molar-refractivity contribution in [1.29, 1.82) is 0 Å². The standard InChI is InChI=1S/C64H108N4O7/c1-24-63(25-2,26-3)57(72)67-53-49(55(70)74-51-41(59(12,13)14)32-39(10)33-42(51)60(15,16)17)47(37(6)7)45(65-53)36-46-48(38(8)9)50(54(66-46)68-58(73)64(27-4,28-5)30-29-31-69)56(71)75-52-43(61(18,19)20)34-40(11)35-44(52)62(21,22)23/h36-44,51-52,65,69H,24-35H2,1-23H3,(H,67,72)(H,66,68,73)/b46-36-. The third kappa shape index (κ3) is 14.1. The van der Waals surface area contributed by atoms with E-state index in [1.165, 1.54) is 0 Å². The van der Waals surface area contributed by atoms with Crippen LogP contribution in [0.15, 0.2) is 21.8 Å². The molecule has 426 valence electrons. The molecule has 0 aromatic carbocycles. The molecule has 2 amide bonds. The Morgan fingerprint density at radius 2 is 1.03 bits per heavy atom. The molecule has 0 radical (unpaired) electrons. The second-order valence-electron chi connectivity index (χ2n) is 28.6. The number of aromatic amines is 1. The van der Waals surface area contributed by atoms with Crippen LogP contribution in [0.3, 0.4) is 0 Å². The van der Waals surface area contributed by atoms with E-state index in [0.717, 1.165) is 25.7 Å². The fourth-order valence-corrected chi connectivity index (χ4v) is 13.4. The van der Waals surface area contributed by atoms with Gasteiger partial charge in [-0.1, -0.05) is 159 Å². The topological polar surface area (TPSA) is 159 Å². The van der Waals surface area contributed by atoms with E-state index >= 15 is 9.59 Å². The molecule has 1 aliphatic heterocycles. The van der Waals surface area contributed by atoms with E-state index in [4.69, 9.17) is 14.5 Å². The molecular formula is C64H108N4O7. The molecule has 4 N–H and O–H groups in total. The number of nitrogens with zero attached hydrogens (tertiary/aromatic N) is 1. The second kappa shape index (κ2) is 24.5. The quantitative estimate of drug-likeness (QED) is 0.107. The molecule has 11 nitrogen and oxygen atoms in total. The SMILES string of the molecule is CCC(CC)(CCCO)C(=O)NC1=N/C(=C\c2[nH]c(NC(=O)C(CC)(CC)CC)c(C(=O)OC3C(C(C)(C)C)CC(C)CC3C(C)(C)C)c2C(C)C)C(C(C)C)=C1C(=O)OC1C(C(C)(C)C)CC(C)CC1C(C)(C)C. The molecule has 0 spiro atoms. The van der Waals surface area contributed by atoms with Crippen molar-refractivity contribution in [2.45, 2.75) is 248 Å². The van der Waals surface area contributed by atoms with Crippen molar-refractivity contribution < 1.29 is 33.8 Å². The Balaban J connectivity index is 2.10. The van der Waals surface area contributed by atoms with E-state index in [9.17, 15) is 14.7 Å². The third-order valence-electron chi connectivity index (χ3n) is 18.7. The Bertz CT molecular complexity index is 2200. The summed E-state index contributed by atoms with van der Waals surface area (Å²) in [4.78, 5) is 69.3. The number of amides is 2. The maximum atomic E-state index is 15.5. The first-order valence-electron chi connectivity index (χ1n) is 29.5. The fourth-order valence-electron chi connectivity index (χ4n) is 13.4. The largest absolute Gasteiger partial charge is 0.458 e. The molecule has 2 fully saturated rings. The first-order valence-corrected chi connectivity index (χ1v) is 29.5. The number of aromatic nitrogens is 1. The number of amidine groups is 1. The van der Waals surface area contributed by atoms with E-state index in [0.29, 0.717) is 84.9 Å². The average molecular weight is 1050 g/mol. The molecule has 11 heteroatoms. The maximum Gasteiger partial charge on any atom is 0.342 e. The highest BCUT2D eigenvalue weighted by atomic mass is 16.5. The van der Waals surface area contributed by atoms with Crippen molar-refractivity contribution in [3.05, 3.63) is 33.7 Å². The molecule has 4 unspecified atom stereocenters. The van der Waals surface area contributed by atoms with Crippen LogP contribution < -0.4 is 10.6 Å². The van der Waals surface area contributed by atoms with E-state index < -0.39 is 28.9 Å². The zero-order valence-electron chi connectivity index (χ0n) is 51.7. The predicted octanol–water partition coefficient (Wildman–Crippen LogP) is 15.6. The second-order valence-corrected chi connectivity index (χ2v) is 28.6. The number of nitrogens with one attached hydrogen (secondary N) is 3. The van der Waals surface area contributed by atoms with E-state index in [-0.39, 0.29) is 98.9 Å². The zero-order chi connectivity index (χ0) is 57.1. The summed E-state index contributed by atoms with van der Waals surface area (Å²) in [5, 5.41) is 16.4. The van der Waals surface area contributed by atoms with Gasteiger partial charge in [-0.05, 0) is 133 Å². The van der Waals surface area contributed by atoms with Gasteiger partial charge in [0, 0.05) is 46.8 Å². The Morgan fingerprint density at radius 3 is 1.39 bits per heavy atom. The lowest BCUT2D eigenvalue weighted by atomic mass is 9.59. The van der Waals surface area contributed by atoms with Crippen LogP contribution in [0.2, 0.25) is 0 Å². The molecule has 2 heterocycles. The lowest BCUT2D eigenvalue weighted by Gasteiger charge is -2.50. The van der Waals surface area contributed by atoms with Crippen molar-refractivity contribution in [2.24, 2.45) is 78.9 Å². The normalized spacial score (nSPS) is 25.0. The van der Waals surface area contributed by atoms with Crippen molar-refractivity contribution >= 4 is 41.5 Å². The molecule has 4 rings (SSSR count). The summed E-state index contributed by atoms with van der Waals surface area (Å²) in [6.07, 6.45) is 8.67. The molecule has 1 aromatic heterocycles. The predicted molar refractivity (Wildman–Crippen MR) is 309 cm³/mol. The Kier molecular flexibility index (Phi) is 20.9. The van der Waals surface area contributed by atoms with Gasteiger partial charge in [-0.15, -0.1) is 0 Å². The number of aliphatic imine (C=N–C) groups is 1. The number of ether oxygens (including phenoxy) is 2. The number of anilines is 1. The minimum atomic E-state index is -0.815. The molecule has 1 aromatic rings. The molecule has 0 bridgehead atoms. The summed E-state index contributed by atoms with van der Waals surface area (Å²) >= 11 is 0. The zero-order valence-corrected chi connectivity index (χ0v) is 51.7. The summed E-state index contributed by atoms with van der Waals surface area (Å²) in [6.45, 7) is 49.6. The van der Waals surface area contributed by atoms with Crippen LogP contribution in [0.5, 0.6) is 0 Å². The number of aliphatic hydroxyl groups excluding tert-OH is 1. The van der Waals surface area contributed by atoms with Crippen LogP contribution in [-0.2, 0) is 23.9 Å². The summed E-state index contributed by atoms with van der Waals surface area (Å²) in [6, 6.07) is 0.